The number of pyridine rings is 1. The van der Waals surface area contributed by atoms with Crippen molar-refractivity contribution < 1.29 is 23.4 Å². The van der Waals surface area contributed by atoms with Crippen molar-refractivity contribution in [1.29, 1.82) is 0 Å². The second kappa shape index (κ2) is 13.0. The molecule has 2 aromatic carbocycles. The van der Waals surface area contributed by atoms with Crippen molar-refractivity contribution in [3.05, 3.63) is 57.3 Å². The van der Waals surface area contributed by atoms with Gasteiger partial charge in [0, 0.05) is 32.8 Å². The number of nitrogens with one attached hydrogen (secondary N) is 2. The van der Waals surface area contributed by atoms with E-state index in [0.29, 0.717) is 13.0 Å². The molecule has 6 nitrogen and oxygen atoms in total. The summed E-state index contributed by atoms with van der Waals surface area (Å²) in [5.74, 6) is -0.0842. The number of aromatic nitrogens is 1. The van der Waals surface area contributed by atoms with Crippen molar-refractivity contribution in [3.8, 4) is 16.9 Å². The fraction of sp³-hybridized carbons (Fsp3) is 0.423. The van der Waals surface area contributed by atoms with E-state index < -0.39 is 23.4 Å². The highest BCUT2D eigenvalue weighted by Crippen LogP contribution is 2.42. The second-order valence-electron chi connectivity index (χ2n) is 9.09. The smallest absolute Gasteiger partial charge is 0.416 e. The summed E-state index contributed by atoms with van der Waals surface area (Å²) in [6.45, 7) is 2.43. The fourth-order valence-corrected chi connectivity index (χ4v) is 5.14. The Bertz CT molecular complexity index is 1270. The molecule has 11 heteroatoms. The van der Waals surface area contributed by atoms with Gasteiger partial charge in [-0.2, -0.15) is 13.2 Å². The van der Waals surface area contributed by atoms with Crippen molar-refractivity contribution in [1.82, 2.24) is 15.2 Å². The van der Waals surface area contributed by atoms with Crippen LogP contribution in [0.15, 0.2) is 46.1 Å². The van der Waals surface area contributed by atoms with Crippen LogP contribution in [0.2, 0.25) is 5.02 Å². The number of hydrogen-bond acceptors (Lipinski definition) is 6. The van der Waals surface area contributed by atoms with Gasteiger partial charge in [0.1, 0.15) is 5.75 Å². The van der Waals surface area contributed by atoms with Crippen molar-refractivity contribution in [3.63, 3.8) is 0 Å². The number of alkyl halides is 3. The van der Waals surface area contributed by atoms with Crippen LogP contribution in [0.4, 0.5) is 13.2 Å². The van der Waals surface area contributed by atoms with E-state index in [1.54, 1.807) is 0 Å². The lowest BCUT2D eigenvalue weighted by atomic mass is 9.98. The van der Waals surface area contributed by atoms with E-state index in [0.717, 1.165) is 49.8 Å². The largest absolute Gasteiger partial charge is 0.507 e. The number of aromatic hydroxyl groups is 1. The van der Waals surface area contributed by atoms with Crippen LogP contribution in [0.5, 0.6) is 5.75 Å². The number of fused-ring (bicyclic) bond motifs is 1. The molecule has 0 fully saturated rings. The molecule has 0 saturated heterocycles. The molecule has 0 radical (unpaired) electrons. The summed E-state index contributed by atoms with van der Waals surface area (Å²) < 4.78 is 40.5. The van der Waals surface area contributed by atoms with Crippen molar-refractivity contribution in [2.45, 2.75) is 36.4 Å². The standard InChI is InChI=1S/C26H31ClF3N3O3S/c1-33(2)12-4-3-10-31-11-9-18(34)15-37-24-23(20-14-17(27)6-8-22(20)35)19-13-16(26(28,29)30)5-7-21(19)32-25(24)36/h5-8,13-14,18,31,34-35H,3-4,9-12,15H2,1-2H3,(H,32,36). The quantitative estimate of drug-likeness (QED) is 0.177. The second-order valence-corrected chi connectivity index (χ2v) is 10.6. The number of thioether (sulfide) groups is 1. The predicted octanol–water partition coefficient (Wildman–Crippen LogP) is 5.35. The molecule has 37 heavy (non-hydrogen) atoms. The molecular weight excluding hydrogens is 527 g/mol. The minimum absolute atomic E-state index is 0.0973. The molecule has 1 atom stereocenters. The highest BCUT2D eigenvalue weighted by Gasteiger charge is 2.31. The highest BCUT2D eigenvalue weighted by molar-refractivity contribution is 7.99. The summed E-state index contributed by atoms with van der Waals surface area (Å²) in [4.78, 5) is 17.9. The highest BCUT2D eigenvalue weighted by atomic mass is 35.5. The van der Waals surface area contributed by atoms with E-state index in [1.807, 2.05) is 14.1 Å². The minimum Gasteiger partial charge on any atom is -0.507 e. The lowest BCUT2D eigenvalue weighted by molar-refractivity contribution is -0.137. The number of H-pyrrole nitrogens is 1. The van der Waals surface area contributed by atoms with Crippen LogP contribution in [0.1, 0.15) is 24.8 Å². The number of nitrogens with zero attached hydrogens (tertiary/aromatic N) is 1. The fourth-order valence-electron chi connectivity index (χ4n) is 3.90. The maximum Gasteiger partial charge on any atom is 0.416 e. The van der Waals surface area contributed by atoms with Gasteiger partial charge in [-0.3, -0.25) is 4.79 Å². The number of aliphatic hydroxyl groups excluding tert-OH is 1. The summed E-state index contributed by atoms with van der Waals surface area (Å²) in [6, 6.07) is 7.21. The molecule has 3 rings (SSSR count). The van der Waals surface area contributed by atoms with Crippen LogP contribution in [0, 0.1) is 0 Å². The molecule has 0 spiro atoms. The van der Waals surface area contributed by atoms with Gasteiger partial charge in [0.25, 0.3) is 5.56 Å². The third-order valence-corrected chi connectivity index (χ3v) is 7.27. The minimum atomic E-state index is -4.60. The van der Waals surface area contributed by atoms with Gasteiger partial charge in [-0.25, -0.2) is 0 Å². The van der Waals surface area contributed by atoms with E-state index in [4.69, 9.17) is 11.6 Å². The monoisotopic (exact) mass is 557 g/mol. The Balaban J connectivity index is 1.85. The van der Waals surface area contributed by atoms with Crippen LogP contribution in [0.25, 0.3) is 22.0 Å². The number of hydrogen-bond donors (Lipinski definition) is 4. The average Bonchev–Trinajstić information content (AvgIpc) is 2.82. The SMILES string of the molecule is CN(C)CCCCNCCC(O)CSc1c(-c2cc(Cl)ccc2O)c2cc(C(F)(F)F)ccc2[nH]c1=O. The first-order valence-electron chi connectivity index (χ1n) is 11.9. The van der Waals surface area contributed by atoms with E-state index in [9.17, 15) is 28.2 Å². The molecule has 1 aromatic heterocycles. The summed E-state index contributed by atoms with van der Waals surface area (Å²) >= 11 is 7.16. The summed E-state index contributed by atoms with van der Waals surface area (Å²) in [6.07, 6.45) is -2.82. The number of aromatic amines is 1. The number of halogens is 4. The lowest BCUT2D eigenvalue weighted by Gasteiger charge is -2.17. The lowest BCUT2D eigenvalue weighted by Crippen LogP contribution is -2.24. The van der Waals surface area contributed by atoms with Crippen LogP contribution in [-0.2, 0) is 6.18 Å². The van der Waals surface area contributed by atoms with Gasteiger partial charge in [-0.15, -0.1) is 11.8 Å². The van der Waals surface area contributed by atoms with E-state index in [2.05, 4.69) is 15.2 Å². The van der Waals surface area contributed by atoms with E-state index in [1.165, 1.54) is 24.3 Å². The Hall–Kier alpha value is -2.24. The molecule has 1 heterocycles. The normalized spacial score (nSPS) is 13.0. The molecule has 0 bridgehead atoms. The zero-order valence-corrected chi connectivity index (χ0v) is 22.2. The number of rotatable bonds is 12. The molecule has 202 valence electrons. The van der Waals surface area contributed by atoms with Gasteiger partial charge in [-0.05, 0) is 89.4 Å². The Morgan fingerprint density at radius 2 is 1.89 bits per heavy atom. The van der Waals surface area contributed by atoms with Crippen molar-refractivity contribution in [2.24, 2.45) is 0 Å². The topological polar surface area (TPSA) is 88.6 Å². The van der Waals surface area contributed by atoms with Crippen LogP contribution in [0.3, 0.4) is 0 Å². The number of phenolic OH excluding ortho intramolecular Hbond substituents is 1. The maximum absolute atomic E-state index is 13.5. The Morgan fingerprint density at radius 3 is 2.59 bits per heavy atom. The molecule has 0 aliphatic rings. The molecule has 3 aromatic rings. The van der Waals surface area contributed by atoms with Crippen LogP contribution < -0.4 is 10.9 Å². The van der Waals surface area contributed by atoms with E-state index >= 15 is 0 Å². The van der Waals surface area contributed by atoms with Gasteiger partial charge < -0.3 is 25.4 Å². The zero-order chi connectivity index (χ0) is 27.2. The van der Waals surface area contributed by atoms with Gasteiger partial charge in [-0.1, -0.05) is 11.6 Å². The predicted molar refractivity (Wildman–Crippen MR) is 144 cm³/mol. The Labute approximate surface area is 222 Å². The third kappa shape index (κ3) is 8.12. The summed E-state index contributed by atoms with van der Waals surface area (Å²) in [5.41, 5.74) is -0.948. The first kappa shape index (κ1) is 29.3. The summed E-state index contributed by atoms with van der Waals surface area (Å²) in [5, 5.41) is 24.7. The molecule has 0 saturated carbocycles. The van der Waals surface area contributed by atoms with Crippen molar-refractivity contribution >= 4 is 34.3 Å². The molecule has 1 unspecified atom stereocenters. The van der Waals surface area contributed by atoms with Gasteiger partial charge in [0.15, 0.2) is 0 Å². The Morgan fingerprint density at radius 1 is 1.14 bits per heavy atom. The molecule has 0 aliphatic heterocycles. The number of phenols is 1. The molecule has 0 aliphatic carbocycles. The number of aliphatic hydroxyl groups is 1. The molecule has 0 amide bonds. The van der Waals surface area contributed by atoms with E-state index in [-0.39, 0.29) is 43.5 Å². The Kier molecular flexibility index (Phi) is 10.3. The first-order valence-corrected chi connectivity index (χ1v) is 13.3. The van der Waals surface area contributed by atoms with Gasteiger partial charge >= 0.3 is 6.18 Å². The van der Waals surface area contributed by atoms with Crippen LogP contribution >= 0.6 is 23.4 Å². The molecule has 4 N–H and O–H groups in total. The number of unbranched alkanes of at least 4 members (excludes halogenated alkanes) is 1. The van der Waals surface area contributed by atoms with Gasteiger partial charge in [0.2, 0.25) is 0 Å². The summed E-state index contributed by atoms with van der Waals surface area (Å²) in [7, 11) is 4.05. The first-order chi connectivity index (χ1) is 17.5. The number of benzene rings is 2. The van der Waals surface area contributed by atoms with Crippen LogP contribution in [-0.4, -0.2) is 65.7 Å². The van der Waals surface area contributed by atoms with Crippen molar-refractivity contribution in [2.75, 3.05) is 39.5 Å². The average molecular weight is 558 g/mol. The molecular formula is C26H31ClF3N3O3S. The maximum atomic E-state index is 13.5. The third-order valence-electron chi connectivity index (χ3n) is 5.81. The zero-order valence-electron chi connectivity index (χ0n) is 20.7. The van der Waals surface area contributed by atoms with Gasteiger partial charge in [0.05, 0.1) is 16.6 Å².